The van der Waals surface area contributed by atoms with Crippen molar-refractivity contribution in [2.45, 2.75) is 11.9 Å². The van der Waals surface area contributed by atoms with Crippen molar-refractivity contribution in [1.29, 1.82) is 0 Å². The molecular formula is C10H10BrFN2S. The molecule has 0 saturated heterocycles. The zero-order chi connectivity index (χ0) is 10.7. The fourth-order valence-corrected chi connectivity index (χ4v) is 2.45. The molecule has 0 N–H and O–H groups in total. The Labute approximate surface area is 99.9 Å². The maximum absolute atomic E-state index is 12.2. The lowest BCUT2D eigenvalue weighted by Crippen LogP contribution is -1.99. The fourth-order valence-electron chi connectivity index (χ4n) is 1.40. The molecule has 5 heteroatoms. The van der Waals surface area contributed by atoms with Gasteiger partial charge in [-0.05, 0) is 11.4 Å². The highest BCUT2D eigenvalue weighted by Gasteiger charge is 2.10. The van der Waals surface area contributed by atoms with E-state index in [1.807, 2.05) is 23.0 Å². The lowest BCUT2D eigenvalue weighted by atomic mass is 10.2. The zero-order valence-corrected chi connectivity index (χ0v) is 10.4. The van der Waals surface area contributed by atoms with Crippen molar-refractivity contribution in [3.8, 4) is 11.3 Å². The lowest BCUT2D eigenvalue weighted by molar-refractivity contribution is 0.427. The van der Waals surface area contributed by atoms with E-state index in [1.165, 1.54) is 0 Å². The van der Waals surface area contributed by atoms with Crippen LogP contribution in [0.2, 0.25) is 0 Å². The predicted molar refractivity (Wildman–Crippen MR) is 64.1 cm³/mol. The molecule has 0 atom stereocenters. The van der Waals surface area contributed by atoms with E-state index in [0.29, 0.717) is 6.54 Å². The van der Waals surface area contributed by atoms with E-state index in [-0.39, 0.29) is 6.67 Å². The van der Waals surface area contributed by atoms with Crippen molar-refractivity contribution in [3.63, 3.8) is 0 Å². The second-order valence-electron chi connectivity index (χ2n) is 3.10. The van der Waals surface area contributed by atoms with Crippen molar-refractivity contribution < 1.29 is 4.39 Å². The van der Waals surface area contributed by atoms with Gasteiger partial charge in [0.15, 0.2) is 0 Å². The third-order valence-corrected chi connectivity index (χ3v) is 3.38. The largest absolute Gasteiger partial charge is 0.269 e. The van der Waals surface area contributed by atoms with Crippen LogP contribution in [0.1, 0.15) is 5.56 Å². The summed E-state index contributed by atoms with van der Waals surface area (Å²) in [6, 6.07) is 2.03. The van der Waals surface area contributed by atoms with Crippen LogP contribution in [-0.4, -0.2) is 16.5 Å². The Hall–Kier alpha value is -0.680. The van der Waals surface area contributed by atoms with Gasteiger partial charge in [0.25, 0.3) is 0 Å². The Bertz CT molecular complexity index is 425. The summed E-state index contributed by atoms with van der Waals surface area (Å²) < 4.78 is 13.9. The number of halogens is 2. The van der Waals surface area contributed by atoms with Gasteiger partial charge in [-0.15, -0.1) is 0 Å². The highest BCUT2D eigenvalue weighted by atomic mass is 79.9. The van der Waals surface area contributed by atoms with E-state index in [1.54, 1.807) is 16.0 Å². The standard InChI is InChI=1S/C10H10BrFN2S/c11-5-9-6-14(3-2-12)13-10(9)8-1-4-15-7-8/h1,4,6-7H,2-3,5H2. The van der Waals surface area contributed by atoms with Crippen LogP contribution in [0.4, 0.5) is 4.39 Å². The van der Waals surface area contributed by atoms with Crippen LogP contribution in [0, 0.1) is 0 Å². The molecule has 0 aromatic carbocycles. The summed E-state index contributed by atoms with van der Waals surface area (Å²) in [6.07, 6.45) is 1.89. The van der Waals surface area contributed by atoms with Gasteiger partial charge in [0.2, 0.25) is 0 Å². The molecule has 0 unspecified atom stereocenters. The monoisotopic (exact) mass is 288 g/mol. The Morgan fingerprint density at radius 2 is 2.40 bits per heavy atom. The van der Waals surface area contributed by atoms with Crippen molar-refractivity contribution in [3.05, 3.63) is 28.6 Å². The van der Waals surface area contributed by atoms with Crippen LogP contribution >= 0.6 is 27.3 Å². The van der Waals surface area contributed by atoms with E-state index in [9.17, 15) is 4.39 Å². The molecule has 2 heterocycles. The maximum Gasteiger partial charge on any atom is 0.109 e. The van der Waals surface area contributed by atoms with E-state index < -0.39 is 0 Å². The van der Waals surface area contributed by atoms with Gasteiger partial charge < -0.3 is 0 Å². The molecule has 0 aliphatic rings. The summed E-state index contributed by atoms with van der Waals surface area (Å²) in [5, 5.41) is 9.17. The van der Waals surface area contributed by atoms with Gasteiger partial charge in [-0.1, -0.05) is 15.9 Å². The number of nitrogens with zero attached hydrogens (tertiary/aromatic N) is 2. The van der Waals surface area contributed by atoms with E-state index in [4.69, 9.17) is 0 Å². The normalized spacial score (nSPS) is 10.8. The Morgan fingerprint density at radius 1 is 1.53 bits per heavy atom. The quantitative estimate of drug-likeness (QED) is 0.788. The molecule has 0 fully saturated rings. The summed E-state index contributed by atoms with van der Waals surface area (Å²) in [6.45, 7) is -0.0589. The van der Waals surface area contributed by atoms with E-state index in [2.05, 4.69) is 21.0 Å². The number of thiophene rings is 1. The average molecular weight is 289 g/mol. The second-order valence-corrected chi connectivity index (χ2v) is 4.44. The number of hydrogen-bond acceptors (Lipinski definition) is 2. The van der Waals surface area contributed by atoms with Crippen LogP contribution in [0.25, 0.3) is 11.3 Å². The summed E-state index contributed by atoms with van der Waals surface area (Å²) in [4.78, 5) is 0. The minimum Gasteiger partial charge on any atom is -0.269 e. The highest BCUT2D eigenvalue weighted by molar-refractivity contribution is 9.08. The molecular weight excluding hydrogens is 279 g/mol. The molecule has 0 aliphatic carbocycles. The van der Waals surface area contributed by atoms with Gasteiger partial charge in [-0.3, -0.25) is 4.68 Å². The lowest BCUT2D eigenvalue weighted by Gasteiger charge is -1.94. The predicted octanol–water partition coefficient (Wildman–Crippen LogP) is 3.48. The van der Waals surface area contributed by atoms with Crippen molar-refractivity contribution >= 4 is 27.3 Å². The molecule has 0 aliphatic heterocycles. The van der Waals surface area contributed by atoms with Crippen molar-refractivity contribution in [2.75, 3.05) is 6.67 Å². The minimum atomic E-state index is -0.382. The molecule has 2 rings (SSSR count). The van der Waals surface area contributed by atoms with Crippen molar-refractivity contribution in [2.24, 2.45) is 0 Å². The summed E-state index contributed by atoms with van der Waals surface area (Å²) >= 11 is 5.05. The SMILES string of the molecule is FCCn1cc(CBr)c(-c2ccsc2)n1. The van der Waals surface area contributed by atoms with Gasteiger partial charge >= 0.3 is 0 Å². The molecule has 0 amide bonds. The second kappa shape index (κ2) is 4.90. The summed E-state index contributed by atoms with van der Waals surface area (Å²) in [7, 11) is 0. The Morgan fingerprint density at radius 3 is 3.00 bits per heavy atom. The van der Waals surface area contributed by atoms with Gasteiger partial charge in [-0.2, -0.15) is 16.4 Å². The molecule has 0 saturated carbocycles. The zero-order valence-electron chi connectivity index (χ0n) is 7.99. The first-order chi connectivity index (χ1) is 7.35. The first kappa shape index (κ1) is 10.8. The van der Waals surface area contributed by atoms with Crippen LogP contribution in [-0.2, 0) is 11.9 Å². The minimum absolute atomic E-state index is 0.324. The van der Waals surface area contributed by atoms with Crippen LogP contribution in [0.15, 0.2) is 23.0 Å². The topological polar surface area (TPSA) is 17.8 Å². The van der Waals surface area contributed by atoms with Gasteiger partial charge in [0, 0.05) is 28.0 Å². The highest BCUT2D eigenvalue weighted by Crippen LogP contribution is 2.25. The Kier molecular flexibility index (Phi) is 3.53. The Balaban J connectivity index is 2.37. The molecule has 0 radical (unpaired) electrons. The van der Waals surface area contributed by atoms with Crippen LogP contribution < -0.4 is 0 Å². The third kappa shape index (κ3) is 2.29. The number of aromatic nitrogens is 2. The third-order valence-electron chi connectivity index (χ3n) is 2.09. The van der Waals surface area contributed by atoms with E-state index in [0.717, 1.165) is 22.2 Å². The first-order valence-electron chi connectivity index (χ1n) is 4.56. The average Bonchev–Trinajstić information content (AvgIpc) is 2.84. The van der Waals surface area contributed by atoms with E-state index >= 15 is 0 Å². The van der Waals surface area contributed by atoms with Gasteiger partial charge in [0.1, 0.15) is 6.67 Å². The van der Waals surface area contributed by atoms with Crippen LogP contribution in [0.3, 0.4) is 0 Å². The summed E-state index contributed by atoms with van der Waals surface area (Å²) in [5.41, 5.74) is 3.15. The van der Waals surface area contributed by atoms with Crippen LogP contribution in [0.5, 0.6) is 0 Å². The molecule has 2 aromatic heterocycles. The summed E-state index contributed by atoms with van der Waals surface area (Å²) in [5.74, 6) is 0. The maximum atomic E-state index is 12.2. The molecule has 0 bridgehead atoms. The number of alkyl halides is 2. The van der Waals surface area contributed by atoms with Gasteiger partial charge in [0.05, 0.1) is 12.2 Å². The molecule has 80 valence electrons. The van der Waals surface area contributed by atoms with Crippen molar-refractivity contribution in [1.82, 2.24) is 9.78 Å². The smallest absolute Gasteiger partial charge is 0.109 e. The number of aryl methyl sites for hydroxylation is 1. The molecule has 0 spiro atoms. The molecule has 2 nitrogen and oxygen atoms in total. The number of rotatable bonds is 4. The molecule has 15 heavy (non-hydrogen) atoms. The first-order valence-corrected chi connectivity index (χ1v) is 6.62. The molecule has 2 aromatic rings. The number of hydrogen-bond donors (Lipinski definition) is 0. The fraction of sp³-hybridized carbons (Fsp3) is 0.300. The van der Waals surface area contributed by atoms with Gasteiger partial charge in [-0.25, -0.2) is 4.39 Å².